The number of nitrogens with zero attached hydrogens (tertiary/aromatic N) is 5. The van der Waals surface area contributed by atoms with Crippen LogP contribution in [0.3, 0.4) is 0 Å². The molecule has 4 rings (SSSR count). The van der Waals surface area contributed by atoms with Crippen molar-refractivity contribution in [2.45, 2.75) is 19.1 Å². The molecule has 144 valence electrons. The van der Waals surface area contributed by atoms with Crippen LogP contribution in [0.1, 0.15) is 12.0 Å². The zero-order valence-electron chi connectivity index (χ0n) is 15.9. The van der Waals surface area contributed by atoms with Gasteiger partial charge in [0.1, 0.15) is 6.10 Å². The zero-order chi connectivity index (χ0) is 19.2. The Morgan fingerprint density at radius 3 is 2.86 bits per heavy atom. The van der Waals surface area contributed by atoms with Crippen LogP contribution in [0.4, 0.5) is 0 Å². The molecule has 1 aliphatic rings. The third-order valence-corrected chi connectivity index (χ3v) is 4.69. The van der Waals surface area contributed by atoms with Gasteiger partial charge in [-0.25, -0.2) is 9.67 Å². The van der Waals surface area contributed by atoms with Gasteiger partial charge in [0.15, 0.2) is 5.96 Å². The van der Waals surface area contributed by atoms with Gasteiger partial charge in [-0.3, -0.25) is 4.99 Å². The second kappa shape index (κ2) is 8.56. The molecule has 1 N–H and O–H groups in total. The van der Waals surface area contributed by atoms with Crippen LogP contribution >= 0.6 is 0 Å². The molecule has 0 spiro atoms. The Morgan fingerprint density at radius 2 is 2.07 bits per heavy atom. The van der Waals surface area contributed by atoms with E-state index in [9.17, 15) is 0 Å². The van der Waals surface area contributed by atoms with Crippen LogP contribution in [0, 0.1) is 0 Å². The Morgan fingerprint density at radius 1 is 1.21 bits per heavy atom. The van der Waals surface area contributed by atoms with E-state index in [1.807, 2.05) is 72.7 Å². The molecule has 1 unspecified atom stereocenters. The third-order valence-electron chi connectivity index (χ3n) is 4.69. The molecular formula is C21H24N6O. The molecule has 0 saturated carbocycles. The number of aliphatic imine (C=N–C) groups is 1. The van der Waals surface area contributed by atoms with Crippen LogP contribution in [0.15, 0.2) is 72.1 Å². The van der Waals surface area contributed by atoms with Crippen molar-refractivity contribution in [3.05, 3.63) is 72.7 Å². The van der Waals surface area contributed by atoms with E-state index in [1.54, 1.807) is 6.20 Å². The first kappa shape index (κ1) is 18.0. The Bertz CT molecular complexity index is 909. The highest BCUT2D eigenvalue weighted by Gasteiger charge is 2.26. The summed E-state index contributed by atoms with van der Waals surface area (Å²) in [5.41, 5.74) is 2.15. The minimum atomic E-state index is 0.120. The van der Waals surface area contributed by atoms with Gasteiger partial charge in [-0.15, -0.1) is 0 Å². The summed E-state index contributed by atoms with van der Waals surface area (Å²) in [6.45, 7) is 2.36. The highest BCUT2D eigenvalue weighted by atomic mass is 16.5. The van der Waals surface area contributed by atoms with Gasteiger partial charge in [-0.1, -0.05) is 24.3 Å². The van der Waals surface area contributed by atoms with Crippen LogP contribution in [0.5, 0.6) is 5.88 Å². The number of hydrogen-bond acceptors (Lipinski definition) is 4. The van der Waals surface area contributed by atoms with Gasteiger partial charge in [-0.05, 0) is 18.2 Å². The standard InChI is InChI=1S/C21H24N6O/c1-22-21(26-12-10-19(16-26)28-20-9-5-6-11-23-20)24-13-17-14-25-27(15-17)18-7-3-2-4-8-18/h2-9,11,14-15,19H,10,12-13,16H2,1H3,(H,22,24). The summed E-state index contributed by atoms with van der Waals surface area (Å²) in [5.74, 6) is 1.55. The van der Waals surface area contributed by atoms with Gasteiger partial charge >= 0.3 is 0 Å². The van der Waals surface area contributed by atoms with Gasteiger partial charge < -0.3 is 15.0 Å². The van der Waals surface area contributed by atoms with Crippen molar-refractivity contribution in [3.8, 4) is 11.6 Å². The quantitative estimate of drug-likeness (QED) is 0.547. The zero-order valence-corrected chi connectivity index (χ0v) is 15.9. The summed E-state index contributed by atoms with van der Waals surface area (Å²) >= 11 is 0. The fourth-order valence-corrected chi connectivity index (χ4v) is 3.29. The van der Waals surface area contributed by atoms with Gasteiger partial charge in [-0.2, -0.15) is 5.10 Å². The maximum absolute atomic E-state index is 5.97. The van der Waals surface area contributed by atoms with Crippen molar-refractivity contribution in [2.24, 2.45) is 4.99 Å². The number of para-hydroxylation sites is 1. The molecule has 1 saturated heterocycles. The van der Waals surface area contributed by atoms with E-state index in [0.29, 0.717) is 12.4 Å². The van der Waals surface area contributed by atoms with Gasteiger partial charge in [0, 0.05) is 50.6 Å². The molecule has 0 bridgehead atoms. The summed E-state index contributed by atoms with van der Waals surface area (Å²) < 4.78 is 7.85. The maximum Gasteiger partial charge on any atom is 0.213 e. The van der Waals surface area contributed by atoms with Crippen molar-refractivity contribution in [3.63, 3.8) is 0 Å². The summed E-state index contributed by atoms with van der Waals surface area (Å²) in [6, 6.07) is 15.8. The van der Waals surface area contributed by atoms with E-state index >= 15 is 0 Å². The lowest BCUT2D eigenvalue weighted by molar-refractivity contribution is 0.205. The lowest BCUT2D eigenvalue weighted by Crippen LogP contribution is -2.40. The predicted molar refractivity (Wildman–Crippen MR) is 109 cm³/mol. The van der Waals surface area contributed by atoms with E-state index in [-0.39, 0.29) is 6.10 Å². The second-order valence-electron chi connectivity index (χ2n) is 6.67. The van der Waals surface area contributed by atoms with E-state index in [4.69, 9.17) is 4.74 Å². The monoisotopic (exact) mass is 376 g/mol. The molecule has 1 atom stereocenters. The van der Waals surface area contributed by atoms with Gasteiger partial charge in [0.25, 0.3) is 0 Å². The Kier molecular flexibility index (Phi) is 5.51. The molecule has 1 fully saturated rings. The largest absolute Gasteiger partial charge is 0.472 e. The number of likely N-dealkylation sites (tertiary alicyclic amines) is 1. The highest BCUT2D eigenvalue weighted by molar-refractivity contribution is 5.80. The second-order valence-corrected chi connectivity index (χ2v) is 6.67. The first-order valence-electron chi connectivity index (χ1n) is 9.44. The topological polar surface area (TPSA) is 67.6 Å². The van der Waals surface area contributed by atoms with Crippen LogP contribution in [0.25, 0.3) is 5.69 Å². The van der Waals surface area contributed by atoms with E-state index in [0.717, 1.165) is 36.7 Å². The average molecular weight is 376 g/mol. The van der Waals surface area contributed by atoms with Crippen molar-refractivity contribution in [1.29, 1.82) is 0 Å². The first-order valence-corrected chi connectivity index (χ1v) is 9.44. The van der Waals surface area contributed by atoms with E-state index in [2.05, 4.69) is 25.3 Å². The molecule has 1 aliphatic heterocycles. The SMILES string of the molecule is CN=C(NCc1cnn(-c2ccccc2)c1)N1CCC(Oc2ccccn2)C1. The fraction of sp³-hybridized carbons (Fsp3) is 0.286. The highest BCUT2D eigenvalue weighted by Crippen LogP contribution is 2.16. The number of hydrogen-bond donors (Lipinski definition) is 1. The smallest absolute Gasteiger partial charge is 0.213 e. The van der Waals surface area contributed by atoms with Gasteiger partial charge in [0.2, 0.25) is 5.88 Å². The normalized spacial score (nSPS) is 17.0. The van der Waals surface area contributed by atoms with Crippen LogP contribution in [0.2, 0.25) is 0 Å². The molecule has 0 amide bonds. The average Bonchev–Trinajstić information content (AvgIpc) is 3.40. The molecule has 2 aromatic heterocycles. The predicted octanol–water partition coefficient (Wildman–Crippen LogP) is 2.50. The molecular weight excluding hydrogens is 352 g/mol. The molecule has 3 heterocycles. The molecule has 0 radical (unpaired) electrons. The number of pyridine rings is 1. The van der Waals surface area contributed by atoms with Crippen molar-refractivity contribution < 1.29 is 4.74 Å². The number of nitrogens with one attached hydrogen (secondary N) is 1. The van der Waals surface area contributed by atoms with Crippen molar-refractivity contribution in [2.75, 3.05) is 20.1 Å². The molecule has 0 aliphatic carbocycles. The van der Waals surface area contributed by atoms with Gasteiger partial charge in [0.05, 0.1) is 18.4 Å². The molecule has 7 heteroatoms. The summed E-state index contributed by atoms with van der Waals surface area (Å²) in [5, 5.41) is 7.87. The Balaban J connectivity index is 1.31. The summed E-state index contributed by atoms with van der Waals surface area (Å²) in [7, 11) is 1.81. The van der Waals surface area contributed by atoms with E-state index < -0.39 is 0 Å². The third kappa shape index (κ3) is 4.31. The van der Waals surface area contributed by atoms with E-state index in [1.165, 1.54) is 0 Å². The number of ether oxygens (including phenoxy) is 1. The number of aromatic nitrogens is 3. The fourth-order valence-electron chi connectivity index (χ4n) is 3.29. The first-order chi connectivity index (χ1) is 13.8. The van der Waals surface area contributed by atoms with Crippen LogP contribution in [-0.4, -0.2) is 51.9 Å². The van der Waals surface area contributed by atoms with Crippen LogP contribution < -0.4 is 10.1 Å². The van der Waals surface area contributed by atoms with Crippen LogP contribution in [-0.2, 0) is 6.54 Å². The molecule has 3 aromatic rings. The lowest BCUT2D eigenvalue weighted by atomic mass is 10.3. The molecule has 1 aromatic carbocycles. The lowest BCUT2D eigenvalue weighted by Gasteiger charge is -2.21. The summed E-state index contributed by atoms with van der Waals surface area (Å²) in [6.07, 6.45) is 6.73. The van der Waals surface area contributed by atoms with Crippen molar-refractivity contribution >= 4 is 5.96 Å². The molecule has 7 nitrogen and oxygen atoms in total. The maximum atomic E-state index is 5.97. The van der Waals surface area contributed by atoms with Crippen molar-refractivity contribution in [1.82, 2.24) is 25.0 Å². The molecule has 28 heavy (non-hydrogen) atoms. The summed E-state index contributed by atoms with van der Waals surface area (Å²) in [4.78, 5) is 10.9. The number of rotatable bonds is 5. The number of benzene rings is 1. The minimum Gasteiger partial charge on any atom is -0.472 e. The minimum absolute atomic E-state index is 0.120. The number of guanidine groups is 1. The Labute approximate surface area is 164 Å². The Hall–Kier alpha value is -3.35.